The van der Waals surface area contributed by atoms with E-state index >= 15 is 0 Å². The van der Waals surface area contributed by atoms with Gasteiger partial charge in [0.1, 0.15) is 5.76 Å². The Morgan fingerprint density at radius 1 is 1.35 bits per heavy atom. The molecule has 0 amide bonds. The summed E-state index contributed by atoms with van der Waals surface area (Å²) >= 11 is 0. The second-order valence-electron chi connectivity index (χ2n) is 4.69. The van der Waals surface area contributed by atoms with Gasteiger partial charge < -0.3 is 14.5 Å². The number of hydrogen-bond donors (Lipinski definition) is 1. The minimum absolute atomic E-state index is 0.245. The molecule has 2 aromatic rings. The molecule has 1 aromatic carbocycles. The average molecular weight is 287 g/mol. The van der Waals surface area contributed by atoms with E-state index in [1.54, 1.807) is 19.2 Å². The molecule has 2 rings (SSSR count). The fraction of sp³-hybridized carbons (Fsp3) is 0.429. The molecule has 1 aromatic heterocycles. The maximum Gasteiger partial charge on any atom is 0.390 e. The Morgan fingerprint density at radius 2 is 2.10 bits per heavy atom. The van der Waals surface area contributed by atoms with E-state index in [0.29, 0.717) is 17.1 Å². The van der Waals surface area contributed by atoms with Gasteiger partial charge in [0.15, 0.2) is 11.3 Å². The number of hydrogen-bond acceptors (Lipinski definition) is 3. The van der Waals surface area contributed by atoms with Crippen LogP contribution in [0, 0.1) is 0 Å². The summed E-state index contributed by atoms with van der Waals surface area (Å²) in [5.41, 5.74) is 0.607. The molecule has 0 fully saturated rings. The van der Waals surface area contributed by atoms with Crippen LogP contribution in [-0.4, -0.2) is 19.3 Å². The van der Waals surface area contributed by atoms with Gasteiger partial charge in [0.2, 0.25) is 0 Å². The third-order valence-electron chi connectivity index (χ3n) is 2.94. The van der Waals surface area contributed by atoms with Crippen LogP contribution in [0.3, 0.4) is 0 Å². The van der Waals surface area contributed by atoms with Crippen LogP contribution < -0.4 is 10.1 Å². The van der Waals surface area contributed by atoms with Gasteiger partial charge in [-0.1, -0.05) is 12.1 Å². The maximum absolute atomic E-state index is 12.2. The lowest BCUT2D eigenvalue weighted by molar-refractivity contribution is -0.139. The summed E-state index contributed by atoms with van der Waals surface area (Å²) in [6.45, 7) is 1.74. The summed E-state index contributed by atoms with van der Waals surface area (Å²) < 4.78 is 47.4. The molecule has 3 nitrogen and oxygen atoms in total. The number of alkyl halides is 3. The normalized spacial score (nSPS) is 13.7. The number of methoxy groups -OCH3 is 1. The molecule has 0 saturated heterocycles. The second-order valence-corrected chi connectivity index (χ2v) is 4.69. The van der Waals surface area contributed by atoms with Crippen molar-refractivity contribution in [1.29, 1.82) is 0 Å². The molecule has 0 radical (unpaired) electrons. The van der Waals surface area contributed by atoms with E-state index in [1.807, 2.05) is 12.1 Å². The standard InChI is InChI=1S/C14H16F3NO2/c1-9(7-14(15,16)17)18-8-11-6-10-4-3-5-12(19-2)13(10)20-11/h3-6,9,18H,7-8H2,1-2H3. The van der Waals surface area contributed by atoms with Crippen molar-refractivity contribution in [3.63, 3.8) is 0 Å². The molecule has 0 saturated carbocycles. The first-order valence-electron chi connectivity index (χ1n) is 6.24. The highest BCUT2D eigenvalue weighted by atomic mass is 19.4. The van der Waals surface area contributed by atoms with E-state index in [-0.39, 0.29) is 6.54 Å². The van der Waals surface area contributed by atoms with Crippen molar-refractivity contribution in [3.05, 3.63) is 30.0 Å². The number of para-hydroxylation sites is 1. The van der Waals surface area contributed by atoms with Crippen molar-refractivity contribution in [2.45, 2.75) is 32.1 Å². The van der Waals surface area contributed by atoms with Crippen LogP contribution in [0.4, 0.5) is 13.2 Å². The van der Waals surface area contributed by atoms with E-state index in [2.05, 4.69) is 5.32 Å². The molecule has 0 aliphatic heterocycles. The van der Waals surface area contributed by atoms with Gasteiger partial charge in [-0.3, -0.25) is 0 Å². The third kappa shape index (κ3) is 3.66. The van der Waals surface area contributed by atoms with Gasteiger partial charge in [-0.25, -0.2) is 0 Å². The van der Waals surface area contributed by atoms with Gasteiger partial charge in [0.05, 0.1) is 20.1 Å². The van der Waals surface area contributed by atoms with Crippen LogP contribution in [0.15, 0.2) is 28.7 Å². The third-order valence-corrected chi connectivity index (χ3v) is 2.94. The van der Waals surface area contributed by atoms with Gasteiger partial charge in [-0.2, -0.15) is 13.2 Å². The van der Waals surface area contributed by atoms with Gasteiger partial charge in [-0.15, -0.1) is 0 Å². The van der Waals surface area contributed by atoms with Crippen molar-refractivity contribution < 1.29 is 22.3 Å². The van der Waals surface area contributed by atoms with Crippen molar-refractivity contribution in [3.8, 4) is 5.75 Å². The predicted octanol–water partition coefficient (Wildman–Crippen LogP) is 3.87. The topological polar surface area (TPSA) is 34.4 Å². The van der Waals surface area contributed by atoms with Crippen LogP contribution in [-0.2, 0) is 6.54 Å². The second kappa shape index (κ2) is 5.75. The highest BCUT2D eigenvalue weighted by Crippen LogP contribution is 2.28. The van der Waals surface area contributed by atoms with E-state index in [0.717, 1.165) is 5.39 Å². The number of benzene rings is 1. The summed E-state index contributed by atoms with van der Waals surface area (Å²) in [7, 11) is 1.54. The summed E-state index contributed by atoms with van der Waals surface area (Å²) in [5.74, 6) is 1.19. The number of nitrogens with one attached hydrogen (secondary N) is 1. The summed E-state index contributed by atoms with van der Waals surface area (Å²) in [6, 6.07) is 6.61. The minimum atomic E-state index is -4.16. The predicted molar refractivity (Wildman–Crippen MR) is 69.7 cm³/mol. The Labute approximate surface area is 114 Å². The monoisotopic (exact) mass is 287 g/mol. The summed E-state index contributed by atoms with van der Waals surface area (Å²) in [4.78, 5) is 0. The van der Waals surface area contributed by atoms with Crippen molar-refractivity contribution in [1.82, 2.24) is 5.32 Å². The Kier molecular flexibility index (Phi) is 4.23. The van der Waals surface area contributed by atoms with Gasteiger partial charge >= 0.3 is 6.18 Å². The van der Waals surface area contributed by atoms with E-state index in [1.165, 1.54) is 6.92 Å². The smallest absolute Gasteiger partial charge is 0.390 e. The molecular formula is C14H16F3NO2. The largest absolute Gasteiger partial charge is 0.493 e. The van der Waals surface area contributed by atoms with Crippen molar-refractivity contribution in [2.75, 3.05) is 7.11 Å². The molecule has 1 atom stereocenters. The number of fused-ring (bicyclic) bond motifs is 1. The molecule has 20 heavy (non-hydrogen) atoms. The lowest BCUT2D eigenvalue weighted by Gasteiger charge is -2.14. The molecule has 0 spiro atoms. The van der Waals surface area contributed by atoms with Crippen LogP contribution in [0.5, 0.6) is 5.75 Å². The first-order chi connectivity index (χ1) is 9.39. The van der Waals surface area contributed by atoms with Crippen molar-refractivity contribution in [2.24, 2.45) is 0 Å². The highest BCUT2D eigenvalue weighted by Gasteiger charge is 2.29. The number of rotatable bonds is 5. The quantitative estimate of drug-likeness (QED) is 0.906. The summed E-state index contributed by atoms with van der Waals surface area (Å²) in [6.07, 6.45) is -5.03. The zero-order chi connectivity index (χ0) is 14.8. The Balaban J connectivity index is 2.04. The Hall–Kier alpha value is -1.69. The average Bonchev–Trinajstić information content (AvgIpc) is 2.76. The molecule has 0 aliphatic carbocycles. The number of ether oxygens (including phenoxy) is 1. The SMILES string of the molecule is COc1cccc2cc(CNC(C)CC(F)(F)F)oc12. The molecule has 0 bridgehead atoms. The van der Waals surface area contributed by atoms with Crippen LogP contribution in [0.2, 0.25) is 0 Å². The van der Waals surface area contributed by atoms with Crippen LogP contribution >= 0.6 is 0 Å². The van der Waals surface area contributed by atoms with Crippen LogP contribution in [0.1, 0.15) is 19.1 Å². The maximum atomic E-state index is 12.2. The van der Waals surface area contributed by atoms with E-state index in [9.17, 15) is 13.2 Å². The molecule has 110 valence electrons. The molecule has 1 heterocycles. The van der Waals surface area contributed by atoms with E-state index < -0.39 is 18.6 Å². The van der Waals surface area contributed by atoms with Gasteiger partial charge in [-0.05, 0) is 19.1 Å². The fourth-order valence-electron chi connectivity index (χ4n) is 2.03. The molecular weight excluding hydrogens is 271 g/mol. The number of furan rings is 1. The summed E-state index contributed by atoms with van der Waals surface area (Å²) in [5, 5.41) is 3.66. The first kappa shape index (κ1) is 14.7. The zero-order valence-corrected chi connectivity index (χ0v) is 11.3. The minimum Gasteiger partial charge on any atom is -0.493 e. The van der Waals surface area contributed by atoms with Gasteiger partial charge in [0, 0.05) is 11.4 Å². The van der Waals surface area contributed by atoms with Crippen LogP contribution in [0.25, 0.3) is 11.0 Å². The Morgan fingerprint density at radius 3 is 2.75 bits per heavy atom. The Bertz CT molecular complexity index is 577. The van der Waals surface area contributed by atoms with Gasteiger partial charge in [0.25, 0.3) is 0 Å². The fourth-order valence-corrected chi connectivity index (χ4v) is 2.03. The molecule has 0 aliphatic rings. The zero-order valence-electron chi connectivity index (χ0n) is 11.3. The van der Waals surface area contributed by atoms with E-state index in [4.69, 9.17) is 9.15 Å². The molecule has 6 heteroatoms. The molecule has 1 unspecified atom stereocenters. The first-order valence-corrected chi connectivity index (χ1v) is 6.24. The lowest BCUT2D eigenvalue weighted by atomic mass is 10.2. The van der Waals surface area contributed by atoms with Crippen molar-refractivity contribution >= 4 is 11.0 Å². The molecule has 1 N–H and O–H groups in total. The highest BCUT2D eigenvalue weighted by molar-refractivity contribution is 5.83. The number of halogens is 3. The lowest BCUT2D eigenvalue weighted by Crippen LogP contribution is -2.30.